The minimum atomic E-state index is -4.52. The number of hydrogen-bond donors (Lipinski definition) is 3. The third-order valence-corrected chi connectivity index (χ3v) is 10.0. The van der Waals surface area contributed by atoms with Gasteiger partial charge < -0.3 is 10.6 Å². The number of alkyl halides is 3. The van der Waals surface area contributed by atoms with Crippen LogP contribution in [0, 0.1) is 27.7 Å². The van der Waals surface area contributed by atoms with Gasteiger partial charge in [0.25, 0.3) is 16.0 Å². The topological polar surface area (TPSA) is 113 Å². The monoisotopic (exact) mass is 762 g/mol. The number of carbonyl (C=O) groups is 2. The summed E-state index contributed by atoms with van der Waals surface area (Å²) >= 11 is 6.27. The summed E-state index contributed by atoms with van der Waals surface area (Å²) in [6, 6.07) is 27.0. The largest absolute Gasteiger partial charge is 0.416 e. The van der Waals surface area contributed by atoms with Gasteiger partial charge in [0.05, 0.1) is 17.2 Å². The summed E-state index contributed by atoms with van der Waals surface area (Å²) in [5.41, 5.74) is 8.78. The van der Waals surface area contributed by atoms with E-state index in [0.717, 1.165) is 45.5 Å². The summed E-state index contributed by atoms with van der Waals surface area (Å²) in [6.45, 7) is 7.72. The molecule has 0 aliphatic rings. The maximum atomic E-state index is 14.1. The molecule has 1 atom stereocenters. The Morgan fingerprint density at radius 1 is 0.792 bits per heavy atom. The Labute approximate surface area is 312 Å². The maximum absolute atomic E-state index is 14.1. The van der Waals surface area contributed by atoms with Gasteiger partial charge in [0.2, 0.25) is 5.91 Å². The molecule has 12 heteroatoms. The maximum Gasteiger partial charge on any atom is 0.416 e. The van der Waals surface area contributed by atoms with Gasteiger partial charge in [0.15, 0.2) is 0 Å². The summed E-state index contributed by atoms with van der Waals surface area (Å²) in [5.74, 6) is -2.08. The molecule has 0 aliphatic carbocycles. The first-order valence-corrected chi connectivity index (χ1v) is 18.7. The van der Waals surface area contributed by atoms with E-state index >= 15 is 0 Å². The van der Waals surface area contributed by atoms with Crippen molar-refractivity contribution in [3.8, 4) is 22.3 Å². The van der Waals surface area contributed by atoms with Crippen LogP contribution in [0.3, 0.4) is 0 Å². The molecule has 5 aromatic rings. The minimum Gasteiger partial charge on any atom is -0.351 e. The lowest BCUT2D eigenvalue weighted by Crippen LogP contribution is -2.28. The average molecular weight is 763 g/mol. The first kappa shape index (κ1) is 39.2. The van der Waals surface area contributed by atoms with E-state index < -0.39 is 39.4 Å². The molecule has 0 saturated heterocycles. The Hall–Kier alpha value is -4.97. The molecule has 0 heterocycles. The average Bonchev–Trinajstić information content (AvgIpc) is 3.06. The highest BCUT2D eigenvalue weighted by atomic mass is 35.5. The predicted molar refractivity (Wildman–Crippen MR) is 203 cm³/mol. The number of hydrogen-bond acceptors (Lipinski definition) is 4. The molecule has 3 N–H and O–H groups in total. The van der Waals surface area contributed by atoms with Gasteiger partial charge in [-0.25, -0.2) is 0 Å². The Morgan fingerprint density at radius 2 is 1.42 bits per heavy atom. The Morgan fingerprint density at radius 3 is 1.98 bits per heavy atom. The number of amides is 2. The van der Waals surface area contributed by atoms with Gasteiger partial charge in [-0.05, 0) is 115 Å². The highest BCUT2D eigenvalue weighted by Crippen LogP contribution is 2.37. The number of carbonyl (C=O) groups excluding carboxylic acids is 2. The molecule has 0 bridgehead atoms. The normalized spacial score (nSPS) is 12.3. The molecule has 276 valence electrons. The van der Waals surface area contributed by atoms with Crippen molar-refractivity contribution in [1.82, 2.24) is 5.32 Å². The fraction of sp³-hybridized carbons (Fsp3) is 0.220. The Bertz CT molecular complexity index is 2250. The molecule has 0 aliphatic heterocycles. The lowest BCUT2D eigenvalue weighted by Gasteiger charge is -2.20. The highest BCUT2D eigenvalue weighted by molar-refractivity contribution is 7.85. The number of halogens is 4. The van der Waals surface area contributed by atoms with Crippen LogP contribution in [0.5, 0.6) is 0 Å². The molecule has 5 aromatic carbocycles. The Balaban J connectivity index is 1.41. The molecule has 7 nitrogen and oxygen atoms in total. The van der Waals surface area contributed by atoms with Crippen molar-refractivity contribution < 1.29 is 35.7 Å². The molecule has 53 heavy (non-hydrogen) atoms. The second-order valence-electron chi connectivity index (χ2n) is 13.1. The van der Waals surface area contributed by atoms with Gasteiger partial charge in [-0.1, -0.05) is 77.8 Å². The van der Waals surface area contributed by atoms with E-state index in [2.05, 4.69) is 43.5 Å². The summed E-state index contributed by atoms with van der Waals surface area (Å²) in [6.07, 6.45) is -4.25. The van der Waals surface area contributed by atoms with Gasteiger partial charge in [-0.3, -0.25) is 14.1 Å². The molecule has 0 spiro atoms. The van der Waals surface area contributed by atoms with Gasteiger partial charge in [0.1, 0.15) is 0 Å². The van der Waals surface area contributed by atoms with Gasteiger partial charge in [-0.2, -0.15) is 21.6 Å². The minimum absolute atomic E-state index is 0.0409. The predicted octanol–water partition coefficient (Wildman–Crippen LogP) is 9.51. The van der Waals surface area contributed by atoms with Crippen LogP contribution in [0.25, 0.3) is 22.3 Å². The quantitative estimate of drug-likeness (QED) is 0.116. The number of rotatable bonds is 11. The van der Waals surface area contributed by atoms with E-state index in [0.29, 0.717) is 22.4 Å². The molecule has 0 aromatic heterocycles. The smallest absolute Gasteiger partial charge is 0.351 e. The SMILES string of the molecule is Cc1cc(C)c(-c2ccc(C(Cc3ccc(C(=O)NCCS(=O)(=O)O)cc3)C(=O)Nc3ccc(-c4ccc(C(F)(F)F)cc4Cl)c(C)c3)cc2)c(C)c1. The number of benzene rings is 5. The van der Waals surface area contributed by atoms with Gasteiger partial charge in [0, 0.05) is 28.4 Å². The standard InChI is InChI=1S/C41H38ClF3N2O5S/c1-24-19-26(3)38(27(4)20-24)30-11-9-29(10-12-30)36(22-28-5-7-31(8-6-28)39(48)46-17-18-53(50,51)52)40(49)47-33-14-16-34(25(2)21-33)35-15-13-32(23-37(35)42)41(43,44)45/h5-16,19-21,23,36H,17-18,22H2,1-4H3,(H,46,48)(H,47,49)(H,50,51,52). The molecule has 0 radical (unpaired) electrons. The molecule has 1 unspecified atom stereocenters. The fourth-order valence-electron chi connectivity index (χ4n) is 6.49. The van der Waals surface area contributed by atoms with Crippen LogP contribution in [0.4, 0.5) is 18.9 Å². The first-order chi connectivity index (χ1) is 24.9. The van der Waals surface area contributed by atoms with Gasteiger partial charge >= 0.3 is 6.18 Å². The summed E-state index contributed by atoms with van der Waals surface area (Å²) in [5, 5.41) is 5.42. The second-order valence-corrected chi connectivity index (χ2v) is 15.1. The highest BCUT2D eigenvalue weighted by Gasteiger charge is 2.31. The van der Waals surface area contributed by atoms with Crippen molar-refractivity contribution in [3.05, 3.63) is 147 Å². The van der Waals surface area contributed by atoms with E-state index in [4.69, 9.17) is 16.2 Å². The van der Waals surface area contributed by atoms with Crippen molar-refractivity contribution in [2.45, 2.75) is 46.2 Å². The van der Waals surface area contributed by atoms with E-state index in [-0.39, 0.29) is 29.5 Å². The van der Waals surface area contributed by atoms with Crippen LogP contribution < -0.4 is 10.6 Å². The van der Waals surface area contributed by atoms with Crippen LogP contribution in [0.1, 0.15) is 55.2 Å². The zero-order valence-corrected chi connectivity index (χ0v) is 31.0. The fourth-order valence-corrected chi connectivity index (χ4v) is 7.13. The molecule has 0 fully saturated rings. The lowest BCUT2D eigenvalue weighted by molar-refractivity contribution is -0.137. The van der Waals surface area contributed by atoms with Crippen LogP contribution in [-0.2, 0) is 27.5 Å². The molecule has 5 rings (SSSR count). The molecule has 0 saturated carbocycles. The molecule has 2 amide bonds. The molecular weight excluding hydrogens is 725 g/mol. The van der Waals surface area contributed by atoms with E-state index in [9.17, 15) is 31.2 Å². The van der Waals surface area contributed by atoms with E-state index in [1.54, 1.807) is 49.4 Å². The van der Waals surface area contributed by atoms with Crippen molar-refractivity contribution in [1.29, 1.82) is 0 Å². The van der Waals surface area contributed by atoms with Crippen LogP contribution in [0.15, 0.2) is 97.1 Å². The van der Waals surface area contributed by atoms with Crippen molar-refractivity contribution >= 4 is 39.2 Å². The first-order valence-electron chi connectivity index (χ1n) is 16.7. The summed E-state index contributed by atoms with van der Waals surface area (Å²) in [4.78, 5) is 26.6. The second kappa shape index (κ2) is 16.0. The zero-order valence-electron chi connectivity index (χ0n) is 29.4. The third kappa shape index (κ3) is 9.92. The summed E-state index contributed by atoms with van der Waals surface area (Å²) in [7, 11) is -4.22. The third-order valence-electron chi connectivity index (χ3n) is 8.98. The molecular formula is C41H38ClF3N2O5S. The zero-order chi connectivity index (χ0) is 38.7. The van der Waals surface area contributed by atoms with Crippen LogP contribution >= 0.6 is 11.6 Å². The number of nitrogens with one attached hydrogen (secondary N) is 2. The number of aryl methyl sites for hydroxylation is 4. The van der Waals surface area contributed by atoms with E-state index in [1.807, 2.05) is 24.3 Å². The number of anilines is 1. The lowest BCUT2D eigenvalue weighted by atomic mass is 9.88. The van der Waals surface area contributed by atoms with Crippen molar-refractivity contribution in [2.24, 2.45) is 0 Å². The van der Waals surface area contributed by atoms with Crippen molar-refractivity contribution in [3.63, 3.8) is 0 Å². The Kier molecular flexibility index (Phi) is 11.8. The summed E-state index contributed by atoms with van der Waals surface area (Å²) < 4.78 is 70.5. The van der Waals surface area contributed by atoms with Crippen molar-refractivity contribution in [2.75, 3.05) is 17.6 Å². The van der Waals surface area contributed by atoms with Crippen LogP contribution in [0.2, 0.25) is 5.02 Å². The van der Waals surface area contributed by atoms with Crippen LogP contribution in [-0.4, -0.2) is 37.1 Å². The van der Waals surface area contributed by atoms with E-state index in [1.165, 1.54) is 11.6 Å². The van der Waals surface area contributed by atoms with Gasteiger partial charge in [-0.15, -0.1) is 0 Å².